The fourth-order valence-corrected chi connectivity index (χ4v) is 2.90. The summed E-state index contributed by atoms with van der Waals surface area (Å²) in [4.78, 5) is 11.0. The molecule has 0 spiro atoms. The normalized spacial score (nSPS) is 23.8. The molecule has 2 aromatic rings. The lowest BCUT2D eigenvalue weighted by molar-refractivity contribution is -0.0977. The average Bonchev–Trinajstić information content (AvgIpc) is 2.80. The smallest absolute Gasteiger partial charge is 0.162 e. The van der Waals surface area contributed by atoms with Crippen molar-refractivity contribution in [2.24, 2.45) is 7.05 Å². The summed E-state index contributed by atoms with van der Waals surface area (Å²) in [6.45, 7) is 4.02. The van der Waals surface area contributed by atoms with Gasteiger partial charge in [-0.25, -0.2) is 9.97 Å². The van der Waals surface area contributed by atoms with Gasteiger partial charge in [-0.3, -0.25) is 9.58 Å². The zero-order chi connectivity index (χ0) is 15.0. The van der Waals surface area contributed by atoms with Gasteiger partial charge in [0.05, 0.1) is 36.9 Å². The fourth-order valence-electron chi connectivity index (χ4n) is 2.67. The van der Waals surface area contributed by atoms with Crippen molar-refractivity contribution in [3.05, 3.63) is 17.2 Å². The third kappa shape index (κ3) is 3.01. The van der Waals surface area contributed by atoms with Gasteiger partial charge >= 0.3 is 0 Å². The number of aliphatic hydroxyl groups excluding tert-OH is 1. The number of hydrogen-bond donors (Lipinski definition) is 1. The standard InChI is InChI=1S/C13H18ClN5O2/c1-8-4-19(5-9(7-20)21-8)6-11-16-12(14)10-3-15-18(2)13(10)17-11/h3,8-9,20H,4-7H2,1-2H3. The van der Waals surface area contributed by atoms with Crippen molar-refractivity contribution in [1.29, 1.82) is 0 Å². The molecule has 1 fully saturated rings. The van der Waals surface area contributed by atoms with Crippen molar-refractivity contribution in [3.8, 4) is 0 Å². The number of rotatable bonds is 3. The largest absolute Gasteiger partial charge is 0.394 e. The molecule has 1 aliphatic rings. The molecule has 21 heavy (non-hydrogen) atoms. The maximum atomic E-state index is 9.27. The molecule has 2 atom stereocenters. The van der Waals surface area contributed by atoms with Gasteiger partial charge in [0.1, 0.15) is 11.0 Å². The van der Waals surface area contributed by atoms with E-state index in [4.69, 9.17) is 16.3 Å². The van der Waals surface area contributed by atoms with Gasteiger partial charge < -0.3 is 9.84 Å². The molecule has 1 N–H and O–H groups in total. The number of ether oxygens (including phenoxy) is 1. The molecule has 0 aromatic carbocycles. The topological polar surface area (TPSA) is 76.3 Å². The second-order valence-corrected chi connectivity index (χ2v) is 5.74. The van der Waals surface area contributed by atoms with E-state index in [1.54, 1.807) is 10.9 Å². The molecule has 1 saturated heterocycles. The number of aromatic nitrogens is 4. The first-order valence-corrected chi connectivity index (χ1v) is 7.27. The Bertz CT molecular complexity index is 647. The van der Waals surface area contributed by atoms with Gasteiger partial charge in [0.25, 0.3) is 0 Å². The second-order valence-electron chi connectivity index (χ2n) is 5.38. The van der Waals surface area contributed by atoms with Crippen molar-refractivity contribution in [3.63, 3.8) is 0 Å². The maximum Gasteiger partial charge on any atom is 0.162 e. The Labute approximate surface area is 127 Å². The lowest BCUT2D eigenvalue weighted by Crippen LogP contribution is -2.47. The molecular weight excluding hydrogens is 294 g/mol. The monoisotopic (exact) mass is 311 g/mol. The number of aryl methyl sites for hydroxylation is 1. The van der Waals surface area contributed by atoms with Gasteiger partial charge in [-0.2, -0.15) is 5.10 Å². The van der Waals surface area contributed by atoms with Gasteiger partial charge in [0.15, 0.2) is 5.65 Å². The first-order valence-electron chi connectivity index (χ1n) is 6.89. The molecule has 2 unspecified atom stereocenters. The first-order chi connectivity index (χ1) is 10.1. The van der Waals surface area contributed by atoms with Crippen molar-refractivity contribution in [2.75, 3.05) is 19.7 Å². The Hall–Kier alpha value is -1.28. The van der Waals surface area contributed by atoms with Crippen LogP contribution in [0.25, 0.3) is 11.0 Å². The van der Waals surface area contributed by atoms with Crippen LogP contribution < -0.4 is 0 Å². The highest BCUT2D eigenvalue weighted by Gasteiger charge is 2.25. The van der Waals surface area contributed by atoms with E-state index >= 15 is 0 Å². The fraction of sp³-hybridized carbons (Fsp3) is 0.615. The highest BCUT2D eigenvalue weighted by atomic mass is 35.5. The average molecular weight is 312 g/mol. The van der Waals surface area contributed by atoms with E-state index in [1.807, 2.05) is 14.0 Å². The summed E-state index contributed by atoms with van der Waals surface area (Å²) >= 11 is 6.19. The van der Waals surface area contributed by atoms with Crippen LogP contribution in [-0.2, 0) is 18.3 Å². The van der Waals surface area contributed by atoms with Crippen molar-refractivity contribution in [1.82, 2.24) is 24.6 Å². The first kappa shape index (κ1) is 14.6. The Morgan fingerprint density at radius 1 is 1.43 bits per heavy atom. The number of morpholine rings is 1. The van der Waals surface area contributed by atoms with E-state index in [2.05, 4.69) is 20.0 Å². The lowest BCUT2D eigenvalue weighted by atomic mass is 10.2. The molecule has 0 saturated carbocycles. The van der Waals surface area contributed by atoms with Crippen LogP contribution in [0.1, 0.15) is 12.7 Å². The van der Waals surface area contributed by atoms with Gasteiger partial charge in [-0.15, -0.1) is 0 Å². The summed E-state index contributed by atoms with van der Waals surface area (Å²) in [6.07, 6.45) is 1.58. The minimum absolute atomic E-state index is 0.0171. The number of nitrogens with zero attached hydrogens (tertiary/aromatic N) is 5. The van der Waals surface area contributed by atoms with E-state index < -0.39 is 0 Å². The van der Waals surface area contributed by atoms with Crippen LogP contribution in [0.3, 0.4) is 0 Å². The molecule has 1 aliphatic heterocycles. The Kier molecular flexibility index (Phi) is 4.08. The molecule has 0 radical (unpaired) electrons. The Morgan fingerprint density at radius 3 is 3.00 bits per heavy atom. The summed E-state index contributed by atoms with van der Waals surface area (Å²) < 4.78 is 7.32. The van der Waals surface area contributed by atoms with Crippen LogP contribution in [0.4, 0.5) is 0 Å². The van der Waals surface area contributed by atoms with Crippen molar-refractivity contribution in [2.45, 2.75) is 25.7 Å². The van der Waals surface area contributed by atoms with Crippen molar-refractivity contribution < 1.29 is 9.84 Å². The molecule has 3 rings (SSSR count). The third-order valence-corrected chi connectivity index (χ3v) is 3.85. The predicted molar refractivity (Wildman–Crippen MR) is 78.0 cm³/mol. The summed E-state index contributed by atoms with van der Waals surface area (Å²) in [5.41, 5.74) is 0.727. The molecular formula is C13H18ClN5O2. The van der Waals surface area contributed by atoms with E-state index in [0.717, 1.165) is 17.6 Å². The van der Waals surface area contributed by atoms with Crippen LogP contribution in [0.2, 0.25) is 5.15 Å². The Morgan fingerprint density at radius 2 is 2.24 bits per heavy atom. The van der Waals surface area contributed by atoms with Gasteiger partial charge in [-0.1, -0.05) is 11.6 Å². The van der Waals surface area contributed by atoms with Crippen LogP contribution in [0.15, 0.2) is 6.20 Å². The third-order valence-electron chi connectivity index (χ3n) is 3.56. The van der Waals surface area contributed by atoms with Crippen LogP contribution in [0.5, 0.6) is 0 Å². The molecule has 114 valence electrons. The highest BCUT2D eigenvalue weighted by molar-refractivity contribution is 6.33. The SMILES string of the molecule is CC1CN(Cc2nc(Cl)c3cnn(C)c3n2)CC(CO)O1. The van der Waals surface area contributed by atoms with Gasteiger partial charge in [0, 0.05) is 20.1 Å². The zero-order valence-electron chi connectivity index (χ0n) is 12.0. The minimum atomic E-state index is -0.162. The Balaban J connectivity index is 1.82. The van der Waals surface area contributed by atoms with E-state index in [0.29, 0.717) is 24.1 Å². The van der Waals surface area contributed by atoms with E-state index in [9.17, 15) is 5.11 Å². The number of fused-ring (bicyclic) bond motifs is 1. The summed E-state index contributed by atoms with van der Waals surface area (Å²) in [7, 11) is 1.83. The number of aliphatic hydroxyl groups is 1. The molecule has 7 nitrogen and oxygen atoms in total. The summed E-state index contributed by atoms with van der Waals surface area (Å²) in [5, 5.41) is 14.6. The minimum Gasteiger partial charge on any atom is -0.394 e. The van der Waals surface area contributed by atoms with Crippen LogP contribution in [0, 0.1) is 0 Å². The van der Waals surface area contributed by atoms with Crippen LogP contribution in [-0.4, -0.2) is 61.7 Å². The number of hydrogen-bond acceptors (Lipinski definition) is 6. The van der Waals surface area contributed by atoms with Crippen LogP contribution >= 0.6 is 11.6 Å². The molecule has 0 bridgehead atoms. The van der Waals surface area contributed by atoms with Gasteiger partial charge in [-0.05, 0) is 6.92 Å². The highest BCUT2D eigenvalue weighted by Crippen LogP contribution is 2.20. The molecule has 0 aliphatic carbocycles. The van der Waals surface area contributed by atoms with E-state index in [-0.39, 0.29) is 18.8 Å². The predicted octanol–water partition coefficient (Wildman–Crippen LogP) is 0.598. The van der Waals surface area contributed by atoms with Crippen molar-refractivity contribution >= 4 is 22.6 Å². The second kappa shape index (κ2) is 5.84. The quantitative estimate of drug-likeness (QED) is 0.837. The molecule has 8 heteroatoms. The zero-order valence-corrected chi connectivity index (χ0v) is 12.8. The van der Waals surface area contributed by atoms with E-state index in [1.165, 1.54) is 0 Å². The molecule has 0 amide bonds. The lowest BCUT2D eigenvalue weighted by Gasteiger charge is -2.35. The molecule has 2 aromatic heterocycles. The van der Waals surface area contributed by atoms with Gasteiger partial charge in [0.2, 0.25) is 0 Å². The maximum absolute atomic E-state index is 9.27. The molecule has 3 heterocycles. The summed E-state index contributed by atoms with van der Waals surface area (Å²) in [5.74, 6) is 0.655. The summed E-state index contributed by atoms with van der Waals surface area (Å²) in [6, 6.07) is 0. The number of halogens is 1.